The zero-order chi connectivity index (χ0) is 16.4. The van der Waals surface area contributed by atoms with Crippen molar-refractivity contribution in [3.8, 4) is 0 Å². The minimum atomic E-state index is -4.39. The molecule has 8 heteroatoms. The molecule has 0 aromatic carbocycles. The van der Waals surface area contributed by atoms with Crippen LogP contribution in [0.4, 0.5) is 19.1 Å². The summed E-state index contributed by atoms with van der Waals surface area (Å²) >= 11 is 0. The van der Waals surface area contributed by atoms with Gasteiger partial charge in [-0.3, -0.25) is 4.68 Å². The van der Waals surface area contributed by atoms with E-state index >= 15 is 0 Å². The maximum atomic E-state index is 12.6. The van der Waals surface area contributed by atoms with E-state index in [0.717, 1.165) is 30.9 Å². The molecule has 0 amide bonds. The van der Waals surface area contributed by atoms with Crippen LogP contribution in [0.3, 0.4) is 0 Å². The van der Waals surface area contributed by atoms with E-state index < -0.39 is 11.9 Å². The highest BCUT2D eigenvalue weighted by atomic mass is 19.4. The van der Waals surface area contributed by atoms with Gasteiger partial charge in [-0.1, -0.05) is 6.92 Å². The fraction of sp³-hybridized carbons (Fsp3) is 0.533. The van der Waals surface area contributed by atoms with Gasteiger partial charge in [0.15, 0.2) is 5.69 Å². The number of aryl methyl sites for hydroxylation is 1. The van der Waals surface area contributed by atoms with E-state index in [4.69, 9.17) is 0 Å². The topological polar surface area (TPSA) is 46.8 Å². The number of nitrogens with zero attached hydrogens (tertiary/aromatic N) is 5. The van der Waals surface area contributed by atoms with Gasteiger partial charge < -0.3 is 4.90 Å². The Labute approximate surface area is 132 Å². The Morgan fingerprint density at radius 1 is 1.17 bits per heavy atom. The lowest BCUT2D eigenvalue weighted by molar-refractivity contribution is -0.141. The molecule has 0 unspecified atom stereocenters. The highest BCUT2D eigenvalue weighted by Crippen LogP contribution is 2.30. The van der Waals surface area contributed by atoms with Gasteiger partial charge in [0.05, 0.1) is 6.04 Å². The second-order valence-electron chi connectivity index (χ2n) is 5.64. The number of hydrogen-bond acceptors (Lipinski definition) is 4. The number of rotatable bonds is 3. The lowest BCUT2D eigenvalue weighted by Crippen LogP contribution is -2.36. The molecule has 1 saturated heterocycles. The average molecular weight is 325 g/mol. The number of alkyl halides is 3. The predicted molar refractivity (Wildman–Crippen MR) is 79.1 cm³/mol. The van der Waals surface area contributed by atoms with Crippen LogP contribution in [0.15, 0.2) is 24.7 Å². The fourth-order valence-electron chi connectivity index (χ4n) is 2.72. The maximum absolute atomic E-state index is 12.6. The molecular formula is C15H18F3N5. The highest BCUT2D eigenvalue weighted by molar-refractivity contribution is 5.30. The fourth-order valence-corrected chi connectivity index (χ4v) is 2.72. The van der Waals surface area contributed by atoms with E-state index in [2.05, 4.69) is 20.0 Å². The van der Waals surface area contributed by atoms with Gasteiger partial charge in [0.2, 0.25) is 5.95 Å². The number of anilines is 1. The largest absolute Gasteiger partial charge is 0.435 e. The van der Waals surface area contributed by atoms with Crippen molar-refractivity contribution in [2.24, 2.45) is 0 Å². The normalized spacial score (nSPS) is 16.8. The van der Waals surface area contributed by atoms with Crippen LogP contribution < -0.4 is 4.90 Å². The smallest absolute Gasteiger partial charge is 0.341 e. The summed E-state index contributed by atoms with van der Waals surface area (Å²) in [5, 5.41) is 3.67. The molecule has 0 spiro atoms. The Balaban J connectivity index is 1.62. The molecule has 2 aromatic heterocycles. The predicted octanol–water partition coefficient (Wildman–Crippen LogP) is 3.10. The molecule has 23 heavy (non-hydrogen) atoms. The summed E-state index contributed by atoms with van der Waals surface area (Å²) in [5.74, 6) is 0.678. The van der Waals surface area contributed by atoms with E-state index in [0.29, 0.717) is 19.0 Å². The van der Waals surface area contributed by atoms with E-state index in [9.17, 15) is 13.2 Å². The van der Waals surface area contributed by atoms with Crippen LogP contribution in [-0.2, 0) is 12.6 Å². The molecule has 1 aliphatic heterocycles. The Kier molecular flexibility index (Phi) is 4.23. The molecule has 124 valence electrons. The second-order valence-corrected chi connectivity index (χ2v) is 5.64. The summed E-state index contributed by atoms with van der Waals surface area (Å²) in [6.45, 7) is 3.46. The van der Waals surface area contributed by atoms with Crippen molar-refractivity contribution in [2.45, 2.75) is 38.4 Å². The van der Waals surface area contributed by atoms with Gasteiger partial charge >= 0.3 is 6.18 Å². The molecular weight excluding hydrogens is 307 g/mol. The summed E-state index contributed by atoms with van der Waals surface area (Å²) in [6, 6.07) is 1.01. The van der Waals surface area contributed by atoms with Crippen molar-refractivity contribution in [2.75, 3.05) is 18.0 Å². The highest BCUT2D eigenvalue weighted by Gasteiger charge is 2.34. The first-order chi connectivity index (χ1) is 11.0. The van der Waals surface area contributed by atoms with Gasteiger partial charge in [0.1, 0.15) is 0 Å². The first kappa shape index (κ1) is 15.8. The molecule has 3 heterocycles. The van der Waals surface area contributed by atoms with Crippen molar-refractivity contribution in [3.63, 3.8) is 0 Å². The van der Waals surface area contributed by atoms with Crippen molar-refractivity contribution in [1.82, 2.24) is 19.7 Å². The standard InChI is InChI=1S/C15H18F3N5/c1-2-11-9-19-14(20-10-11)22-6-3-12(4-7-22)23-8-5-13(21-23)15(16,17)18/h5,8-10,12H,2-4,6-7H2,1H3. The van der Waals surface area contributed by atoms with Crippen LogP contribution in [0.1, 0.15) is 37.1 Å². The first-order valence-electron chi connectivity index (χ1n) is 7.65. The second kappa shape index (κ2) is 6.17. The third-order valence-electron chi connectivity index (χ3n) is 4.12. The minimum absolute atomic E-state index is 0.0164. The van der Waals surface area contributed by atoms with Gasteiger partial charge in [0.25, 0.3) is 0 Å². The lowest BCUT2D eigenvalue weighted by atomic mass is 10.1. The molecule has 2 aromatic rings. The van der Waals surface area contributed by atoms with Crippen LogP contribution in [0, 0.1) is 0 Å². The Morgan fingerprint density at radius 3 is 2.35 bits per heavy atom. The van der Waals surface area contributed by atoms with Crippen LogP contribution in [0.25, 0.3) is 0 Å². The Bertz CT molecular complexity index is 642. The molecule has 0 atom stereocenters. The quantitative estimate of drug-likeness (QED) is 0.870. The maximum Gasteiger partial charge on any atom is 0.435 e. The van der Waals surface area contributed by atoms with Crippen LogP contribution in [-0.4, -0.2) is 32.8 Å². The average Bonchev–Trinajstić information content (AvgIpc) is 3.05. The number of hydrogen-bond donors (Lipinski definition) is 0. The monoisotopic (exact) mass is 325 g/mol. The molecule has 0 N–H and O–H groups in total. The zero-order valence-corrected chi connectivity index (χ0v) is 12.8. The summed E-state index contributed by atoms with van der Waals surface area (Å²) in [6.07, 6.45) is 2.99. The van der Waals surface area contributed by atoms with Gasteiger partial charge in [-0.15, -0.1) is 0 Å². The van der Waals surface area contributed by atoms with Crippen LogP contribution in [0.5, 0.6) is 0 Å². The van der Waals surface area contributed by atoms with Gasteiger partial charge in [-0.2, -0.15) is 18.3 Å². The summed E-state index contributed by atoms with van der Waals surface area (Å²) in [5.41, 5.74) is 0.248. The summed E-state index contributed by atoms with van der Waals surface area (Å²) < 4.78 is 39.3. The summed E-state index contributed by atoms with van der Waals surface area (Å²) in [4.78, 5) is 10.8. The third kappa shape index (κ3) is 3.46. The van der Waals surface area contributed by atoms with Gasteiger partial charge in [0, 0.05) is 31.7 Å². The van der Waals surface area contributed by atoms with E-state index in [-0.39, 0.29) is 6.04 Å². The Hall–Kier alpha value is -2.12. The SMILES string of the molecule is CCc1cnc(N2CCC(n3ccc(C(F)(F)F)n3)CC2)nc1. The van der Waals surface area contributed by atoms with E-state index in [1.165, 1.54) is 10.9 Å². The van der Waals surface area contributed by atoms with E-state index in [1.54, 1.807) is 0 Å². The van der Waals surface area contributed by atoms with Crippen LogP contribution in [0.2, 0.25) is 0 Å². The molecule has 3 rings (SSSR count). The van der Waals surface area contributed by atoms with Crippen molar-refractivity contribution in [3.05, 3.63) is 35.9 Å². The number of aromatic nitrogens is 4. The van der Waals surface area contributed by atoms with Crippen molar-refractivity contribution < 1.29 is 13.2 Å². The summed E-state index contributed by atoms with van der Waals surface area (Å²) in [7, 11) is 0. The van der Waals surface area contributed by atoms with Crippen LogP contribution >= 0.6 is 0 Å². The minimum Gasteiger partial charge on any atom is -0.341 e. The molecule has 1 aliphatic rings. The molecule has 1 fully saturated rings. The van der Waals surface area contributed by atoms with Gasteiger partial charge in [-0.05, 0) is 30.9 Å². The van der Waals surface area contributed by atoms with Crippen molar-refractivity contribution >= 4 is 5.95 Å². The molecule has 0 bridgehead atoms. The number of halogens is 3. The molecule has 0 aliphatic carbocycles. The molecule has 0 saturated carbocycles. The van der Waals surface area contributed by atoms with Crippen molar-refractivity contribution in [1.29, 1.82) is 0 Å². The van der Waals surface area contributed by atoms with E-state index in [1.807, 2.05) is 19.3 Å². The number of piperidine rings is 1. The lowest BCUT2D eigenvalue weighted by Gasteiger charge is -2.32. The molecule has 5 nitrogen and oxygen atoms in total. The zero-order valence-electron chi connectivity index (χ0n) is 12.8. The third-order valence-corrected chi connectivity index (χ3v) is 4.12. The van der Waals surface area contributed by atoms with Gasteiger partial charge in [-0.25, -0.2) is 9.97 Å². The Morgan fingerprint density at radius 2 is 1.83 bits per heavy atom. The molecule has 0 radical (unpaired) electrons. The first-order valence-corrected chi connectivity index (χ1v) is 7.65.